The van der Waals surface area contributed by atoms with Crippen LogP contribution in [-0.4, -0.2) is 33.5 Å². The topological polar surface area (TPSA) is 78.3 Å². The van der Waals surface area contributed by atoms with Gasteiger partial charge in [-0.25, -0.2) is 0 Å². The molecule has 0 fully saturated rings. The van der Waals surface area contributed by atoms with E-state index in [1.165, 1.54) is 17.1 Å². The number of nitrogens with zero attached hydrogens (tertiary/aromatic N) is 3. The Morgan fingerprint density at radius 2 is 1.91 bits per heavy atom. The Kier molecular flexibility index (Phi) is 7.49. The maximum absolute atomic E-state index is 12.4. The lowest BCUT2D eigenvalue weighted by Gasteiger charge is -2.12. The number of rotatable bonds is 10. The predicted molar refractivity (Wildman–Crippen MR) is 136 cm³/mol. The first kappa shape index (κ1) is 23.4. The molecule has 1 aromatic heterocycles. The highest BCUT2D eigenvalue weighted by Gasteiger charge is 2.15. The van der Waals surface area contributed by atoms with Gasteiger partial charge in [0, 0.05) is 12.2 Å². The van der Waals surface area contributed by atoms with Gasteiger partial charge in [0.25, 0.3) is 0 Å². The summed E-state index contributed by atoms with van der Waals surface area (Å²) in [7, 11) is 1.60. The summed E-state index contributed by atoms with van der Waals surface area (Å²) in [5.41, 5.74) is 1.79. The second-order valence-electron chi connectivity index (χ2n) is 7.56. The van der Waals surface area contributed by atoms with Gasteiger partial charge in [-0.15, -0.1) is 16.8 Å². The number of ether oxygens (including phenoxy) is 2. The summed E-state index contributed by atoms with van der Waals surface area (Å²) >= 11 is 1.32. The van der Waals surface area contributed by atoms with Crippen LogP contribution < -0.4 is 14.8 Å². The Morgan fingerprint density at radius 1 is 1.12 bits per heavy atom. The van der Waals surface area contributed by atoms with Crippen molar-refractivity contribution < 1.29 is 14.3 Å². The van der Waals surface area contributed by atoms with E-state index in [0.717, 1.165) is 22.4 Å². The Hall–Kier alpha value is -3.78. The number of methoxy groups -OCH3 is 1. The van der Waals surface area contributed by atoms with Gasteiger partial charge in [-0.2, -0.15) is 0 Å². The molecule has 174 valence electrons. The lowest BCUT2D eigenvalue weighted by atomic mass is 10.0. The zero-order chi connectivity index (χ0) is 23.9. The normalized spacial score (nSPS) is 10.8. The molecular weight excluding hydrogens is 448 g/mol. The van der Waals surface area contributed by atoms with Crippen molar-refractivity contribution in [1.82, 2.24) is 14.8 Å². The van der Waals surface area contributed by atoms with E-state index >= 15 is 0 Å². The Bertz CT molecular complexity index is 1300. The number of amides is 1. The fourth-order valence-corrected chi connectivity index (χ4v) is 4.32. The molecule has 34 heavy (non-hydrogen) atoms. The number of carbonyl (C=O) groups is 1. The first-order valence-electron chi connectivity index (χ1n) is 10.8. The SMILES string of the molecule is C=CCn1c(COc2ccc3ccccc3c2C)nnc1SCC(=O)Nc1ccc(OC)cc1. The molecule has 0 aliphatic rings. The summed E-state index contributed by atoms with van der Waals surface area (Å²) in [6.07, 6.45) is 1.77. The molecule has 3 aromatic carbocycles. The number of thioether (sulfide) groups is 1. The van der Waals surface area contributed by atoms with E-state index in [-0.39, 0.29) is 18.3 Å². The fraction of sp³-hybridized carbons (Fsp3) is 0.192. The summed E-state index contributed by atoms with van der Waals surface area (Å²) in [6.45, 7) is 6.67. The molecule has 1 amide bonds. The number of hydrogen-bond acceptors (Lipinski definition) is 6. The van der Waals surface area contributed by atoms with E-state index in [9.17, 15) is 4.79 Å². The summed E-state index contributed by atoms with van der Waals surface area (Å²) in [5, 5.41) is 14.4. The zero-order valence-corrected chi connectivity index (χ0v) is 20.0. The van der Waals surface area contributed by atoms with Crippen molar-refractivity contribution in [2.45, 2.75) is 25.2 Å². The number of benzene rings is 3. The van der Waals surface area contributed by atoms with Crippen LogP contribution >= 0.6 is 11.8 Å². The van der Waals surface area contributed by atoms with Crippen molar-refractivity contribution in [2.24, 2.45) is 0 Å². The molecule has 7 nitrogen and oxygen atoms in total. The van der Waals surface area contributed by atoms with Crippen molar-refractivity contribution in [3.8, 4) is 11.5 Å². The molecule has 1 N–H and O–H groups in total. The summed E-state index contributed by atoms with van der Waals surface area (Å²) in [6, 6.07) is 19.4. The molecule has 4 aromatic rings. The third-order valence-electron chi connectivity index (χ3n) is 5.32. The number of hydrogen-bond donors (Lipinski definition) is 1. The average molecular weight is 475 g/mol. The van der Waals surface area contributed by atoms with Crippen molar-refractivity contribution in [2.75, 3.05) is 18.2 Å². The standard InChI is InChI=1S/C26H26N4O3S/c1-4-15-30-24(16-33-23-14-9-19-7-5-6-8-22(19)18(23)2)28-29-26(30)34-17-25(31)27-20-10-12-21(32-3)13-11-20/h4-14H,1,15-17H2,2-3H3,(H,27,31). The number of nitrogens with one attached hydrogen (secondary N) is 1. The highest BCUT2D eigenvalue weighted by molar-refractivity contribution is 7.99. The lowest BCUT2D eigenvalue weighted by molar-refractivity contribution is -0.113. The number of anilines is 1. The van der Waals surface area contributed by atoms with Crippen LogP contribution in [0.1, 0.15) is 11.4 Å². The van der Waals surface area contributed by atoms with Crippen LogP contribution in [0.15, 0.2) is 78.5 Å². The molecule has 0 radical (unpaired) electrons. The first-order valence-corrected chi connectivity index (χ1v) is 11.8. The molecule has 0 atom stereocenters. The number of fused-ring (bicyclic) bond motifs is 1. The van der Waals surface area contributed by atoms with Crippen molar-refractivity contribution in [3.63, 3.8) is 0 Å². The zero-order valence-electron chi connectivity index (χ0n) is 19.2. The summed E-state index contributed by atoms with van der Waals surface area (Å²) in [5.74, 6) is 2.28. The van der Waals surface area contributed by atoms with Crippen molar-refractivity contribution in [1.29, 1.82) is 0 Å². The van der Waals surface area contributed by atoms with Crippen LogP contribution in [0.5, 0.6) is 11.5 Å². The Morgan fingerprint density at radius 3 is 2.68 bits per heavy atom. The van der Waals surface area contributed by atoms with Crippen LogP contribution in [-0.2, 0) is 17.9 Å². The molecule has 4 rings (SSSR count). The van der Waals surface area contributed by atoms with Gasteiger partial charge in [0.2, 0.25) is 5.91 Å². The minimum absolute atomic E-state index is 0.132. The van der Waals surface area contributed by atoms with Crippen molar-refractivity contribution >= 4 is 34.1 Å². The second-order valence-corrected chi connectivity index (χ2v) is 8.50. The van der Waals surface area contributed by atoms with Gasteiger partial charge in [0.15, 0.2) is 11.0 Å². The van der Waals surface area contributed by atoms with E-state index in [1.54, 1.807) is 37.5 Å². The maximum Gasteiger partial charge on any atom is 0.234 e. The van der Waals surface area contributed by atoms with Crippen LogP contribution in [0.3, 0.4) is 0 Å². The third kappa shape index (κ3) is 5.40. The van der Waals surface area contributed by atoms with Gasteiger partial charge in [0.05, 0.1) is 12.9 Å². The predicted octanol–water partition coefficient (Wildman–Crippen LogP) is 5.24. The lowest BCUT2D eigenvalue weighted by Crippen LogP contribution is -2.15. The number of aryl methyl sites for hydroxylation is 1. The molecule has 1 heterocycles. The molecule has 0 unspecified atom stereocenters. The monoisotopic (exact) mass is 474 g/mol. The van der Waals surface area contributed by atoms with Crippen LogP contribution in [0.4, 0.5) is 5.69 Å². The quantitative estimate of drug-likeness (QED) is 0.250. The second kappa shape index (κ2) is 10.9. The highest BCUT2D eigenvalue weighted by Crippen LogP contribution is 2.28. The average Bonchev–Trinajstić information content (AvgIpc) is 3.24. The smallest absolute Gasteiger partial charge is 0.234 e. The van der Waals surface area contributed by atoms with E-state index < -0.39 is 0 Å². The van der Waals surface area contributed by atoms with Crippen molar-refractivity contribution in [3.05, 3.63) is 84.7 Å². The van der Waals surface area contributed by atoms with Crippen LogP contribution in [0.2, 0.25) is 0 Å². The van der Waals surface area contributed by atoms with E-state index in [2.05, 4.69) is 47.2 Å². The molecule has 0 saturated heterocycles. The van der Waals surface area contributed by atoms with Crippen LogP contribution in [0.25, 0.3) is 10.8 Å². The molecule has 8 heteroatoms. The van der Waals surface area contributed by atoms with E-state index in [1.807, 2.05) is 22.8 Å². The molecule has 0 spiro atoms. The molecular formula is C26H26N4O3S. The fourth-order valence-electron chi connectivity index (χ4n) is 3.55. The number of allylic oxidation sites excluding steroid dienone is 1. The highest BCUT2D eigenvalue weighted by atomic mass is 32.2. The summed E-state index contributed by atoms with van der Waals surface area (Å²) in [4.78, 5) is 12.4. The van der Waals surface area contributed by atoms with Gasteiger partial charge < -0.3 is 14.8 Å². The number of carbonyl (C=O) groups excluding carboxylic acids is 1. The third-order valence-corrected chi connectivity index (χ3v) is 6.28. The largest absolute Gasteiger partial charge is 0.497 e. The molecule has 0 aliphatic heterocycles. The summed E-state index contributed by atoms with van der Waals surface area (Å²) < 4.78 is 13.1. The van der Waals surface area contributed by atoms with Gasteiger partial charge in [-0.3, -0.25) is 9.36 Å². The van der Waals surface area contributed by atoms with Crippen LogP contribution in [0, 0.1) is 6.92 Å². The van der Waals surface area contributed by atoms with E-state index in [0.29, 0.717) is 23.2 Å². The van der Waals surface area contributed by atoms with Gasteiger partial charge >= 0.3 is 0 Å². The number of aromatic nitrogens is 3. The van der Waals surface area contributed by atoms with Gasteiger partial charge in [-0.05, 0) is 53.6 Å². The minimum atomic E-state index is -0.132. The Labute approximate surface area is 202 Å². The minimum Gasteiger partial charge on any atom is -0.497 e. The van der Waals surface area contributed by atoms with E-state index in [4.69, 9.17) is 9.47 Å². The molecule has 0 bridgehead atoms. The molecule has 0 aliphatic carbocycles. The maximum atomic E-state index is 12.4. The molecule has 0 saturated carbocycles. The first-order chi connectivity index (χ1) is 16.6. The van der Waals surface area contributed by atoms with Gasteiger partial charge in [0.1, 0.15) is 18.1 Å². The Balaban J connectivity index is 1.40. The van der Waals surface area contributed by atoms with Gasteiger partial charge in [-0.1, -0.05) is 48.2 Å².